The van der Waals surface area contributed by atoms with Crippen LogP contribution in [0.5, 0.6) is 5.75 Å². The molecule has 0 aromatic heterocycles. The van der Waals surface area contributed by atoms with Gasteiger partial charge in [0.25, 0.3) is 0 Å². The lowest BCUT2D eigenvalue weighted by atomic mass is 10.2. The Morgan fingerprint density at radius 1 is 1.24 bits per heavy atom. The predicted molar refractivity (Wildman–Crippen MR) is 86.3 cm³/mol. The highest BCUT2D eigenvalue weighted by Crippen LogP contribution is 2.25. The molecule has 0 fully saturated rings. The number of para-hydroxylation sites is 1. The molecule has 0 unspecified atom stereocenters. The number of methoxy groups -OCH3 is 1. The maximum atomic E-state index is 12.0. The largest absolute Gasteiger partial charge is 0.497 e. The zero-order valence-corrected chi connectivity index (χ0v) is 12.7. The molecule has 110 valence electrons. The van der Waals surface area contributed by atoms with E-state index in [1.165, 1.54) is 0 Å². The molecule has 2 aromatic carbocycles. The van der Waals surface area contributed by atoms with Gasteiger partial charge in [-0.25, -0.2) is 0 Å². The first-order chi connectivity index (χ1) is 10.1. The van der Waals surface area contributed by atoms with Gasteiger partial charge in [-0.3, -0.25) is 4.79 Å². The number of benzene rings is 2. The Morgan fingerprint density at radius 3 is 2.71 bits per heavy atom. The summed E-state index contributed by atoms with van der Waals surface area (Å²) in [4.78, 5) is 12.0. The van der Waals surface area contributed by atoms with E-state index in [0.29, 0.717) is 16.5 Å². The predicted octanol–water partition coefficient (Wildman–Crippen LogP) is 3.71. The summed E-state index contributed by atoms with van der Waals surface area (Å²) < 4.78 is 5.11. The lowest BCUT2D eigenvalue weighted by molar-refractivity contribution is -0.114. The van der Waals surface area contributed by atoms with E-state index in [2.05, 4.69) is 10.6 Å². The third kappa shape index (κ3) is 4.13. The monoisotopic (exact) mass is 304 g/mol. The molecule has 2 rings (SSSR count). The van der Waals surface area contributed by atoms with E-state index in [1.54, 1.807) is 25.3 Å². The van der Waals surface area contributed by atoms with Crippen LogP contribution in [-0.2, 0) is 4.79 Å². The molecule has 0 aliphatic rings. The highest BCUT2D eigenvalue weighted by molar-refractivity contribution is 6.33. The van der Waals surface area contributed by atoms with Gasteiger partial charge in [-0.05, 0) is 30.7 Å². The van der Waals surface area contributed by atoms with Crippen molar-refractivity contribution in [3.63, 3.8) is 0 Å². The third-order valence-corrected chi connectivity index (χ3v) is 3.32. The molecule has 0 aliphatic carbocycles. The molecule has 0 atom stereocenters. The van der Waals surface area contributed by atoms with Gasteiger partial charge in [-0.15, -0.1) is 0 Å². The van der Waals surface area contributed by atoms with Crippen LogP contribution in [0.1, 0.15) is 5.56 Å². The second-order valence-electron chi connectivity index (χ2n) is 4.57. The Balaban J connectivity index is 1.96. The van der Waals surface area contributed by atoms with E-state index in [-0.39, 0.29) is 12.5 Å². The minimum atomic E-state index is -0.150. The average molecular weight is 305 g/mol. The molecular formula is C16H17ClN2O2. The molecule has 0 bridgehead atoms. The Kier molecular flexibility index (Phi) is 5.06. The molecule has 2 aromatic rings. The molecule has 0 saturated carbocycles. The summed E-state index contributed by atoms with van der Waals surface area (Å²) in [6, 6.07) is 12.8. The van der Waals surface area contributed by atoms with Crippen molar-refractivity contribution >= 4 is 28.9 Å². The van der Waals surface area contributed by atoms with Crippen LogP contribution in [-0.4, -0.2) is 19.6 Å². The zero-order chi connectivity index (χ0) is 15.2. The van der Waals surface area contributed by atoms with Crippen molar-refractivity contribution in [1.82, 2.24) is 0 Å². The molecule has 1 amide bonds. The van der Waals surface area contributed by atoms with Crippen LogP contribution < -0.4 is 15.4 Å². The van der Waals surface area contributed by atoms with Crippen LogP contribution in [0.25, 0.3) is 0 Å². The zero-order valence-electron chi connectivity index (χ0n) is 11.9. The number of halogens is 1. The number of amides is 1. The standard InChI is InChI=1S/C16H17ClN2O2/c1-11-5-3-8-14(17)16(11)18-10-15(20)19-12-6-4-7-13(9-12)21-2/h3-9,18H,10H2,1-2H3,(H,19,20). The van der Waals surface area contributed by atoms with Crippen LogP contribution in [0.15, 0.2) is 42.5 Å². The van der Waals surface area contributed by atoms with Crippen LogP contribution >= 0.6 is 11.6 Å². The summed E-state index contributed by atoms with van der Waals surface area (Å²) in [7, 11) is 1.59. The maximum Gasteiger partial charge on any atom is 0.243 e. The molecule has 4 nitrogen and oxygen atoms in total. The first-order valence-electron chi connectivity index (χ1n) is 6.53. The van der Waals surface area contributed by atoms with Gasteiger partial charge in [-0.1, -0.05) is 29.8 Å². The lowest BCUT2D eigenvalue weighted by Crippen LogP contribution is -2.22. The van der Waals surface area contributed by atoms with E-state index in [1.807, 2.05) is 31.2 Å². The molecule has 21 heavy (non-hydrogen) atoms. The fraction of sp³-hybridized carbons (Fsp3) is 0.188. The lowest BCUT2D eigenvalue weighted by Gasteiger charge is -2.12. The summed E-state index contributed by atoms with van der Waals surface area (Å²) in [5.41, 5.74) is 2.47. The van der Waals surface area contributed by atoms with Gasteiger partial charge in [0.05, 0.1) is 24.4 Å². The number of rotatable bonds is 5. The number of hydrogen-bond donors (Lipinski definition) is 2. The molecule has 0 heterocycles. The van der Waals surface area contributed by atoms with Gasteiger partial charge < -0.3 is 15.4 Å². The van der Waals surface area contributed by atoms with Crippen molar-refractivity contribution in [3.05, 3.63) is 53.1 Å². The number of hydrogen-bond acceptors (Lipinski definition) is 3. The van der Waals surface area contributed by atoms with Crippen LogP contribution in [0.3, 0.4) is 0 Å². The van der Waals surface area contributed by atoms with E-state index < -0.39 is 0 Å². The van der Waals surface area contributed by atoms with E-state index >= 15 is 0 Å². The summed E-state index contributed by atoms with van der Waals surface area (Å²) in [5, 5.41) is 6.46. The third-order valence-electron chi connectivity index (χ3n) is 3.00. The van der Waals surface area contributed by atoms with Gasteiger partial charge in [0.15, 0.2) is 0 Å². The molecule has 0 radical (unpaired) electrons. The number of anilines is 2. The minimum Gasteiger partial charge on any atom is -0.497 e. The SMILES string of the molecule is COc1cccc(NC(=O)CNc2c(C)cccc2Cl)c1. The van der Waals surface area contributed by atoms with Gasteiger partial charge in [0.2, 0.25) is 5.91 Å². The average Bonchev–Trinajstić information content (AvgIpc) is 2.47. The maximum absolute atomic E-state index is 12.0. The number of nitrogens with one attached hydrogen (secondary N) is 2. The van der Waals surface area contributed by atoms with Crippen LogP contribution in [0.2, 0.25) is 5.02 Å². The topological polar surface area (TPSA) is 50.4 Å². The molecule has 0 spiro atoms. The van der Waals surface area contributed by atoms with Crippen molar-refractivity contribution in [2.24, 2.45) is 0 Å². The Hall–Kier alpha value is -2.20. The minimum absolute atomic E-state index is 0.141. The van der Waals surface area contributed by atoms with Crippen molar-refractivity contribution in [1.29, 1.82) is 0 Å². The first kappa shape index (κ1) is 15.2. The second-order valence-corrected chi connectivity index (χ2v) is 4.97. The van der Waals surface area contributed by atoms with Gasteiger partial charge in [0, 0.05) is 11.8 Å². The summed E-state index contributed by atoms with van der Waals surface area (Å²) in [6.07, 6.45) is 0. The highest BCUT2D eigenvalue weighted by Gasteiger charge is 2.07. The Labute approximate surface area is 129 Å². The fourth-order valence-electron chi connectivity index (χ4n) is 1.93. The normalized spacial score (nSPS) is 10.0. The second kappa shape index (κ2) is 6.99. The smallest absolute Gasteiger partial charge is 0.243 e. The molecule has 2 N–H and O–H groups in total. The number of ether oxygens (including phenoxy) is 1. The number of aryl methyl sites for hydroxylation is 1. The van der Waals surface area contributed by atoms with Crippen LogP contribution in [0.4, 0.5) is 11.4 Å². The Morgan fingerprint density at radius 2 is 2.00 bits per heavy atom. The van der Waals surface area contributed by atoms with Crippen molar-refractivity contribution in [2.45, 2.75) is 6.92 Å². The molecule has 5 heteroatoms. The fourth-order valence-corrected chi connectivity index (χ4v) is 2.22. The van der Waals surface area contributed by atoms with E-state index in [9.17, 15) is 4.79 Å². The Bertz CT molecular complexity index is 624. The number of carbonyl (C=O) groups excluding carboxylic acids is 1. The quantitative estimate of drug-likeness (QED) is 0.885. The van der Waals surface area contributed by atoms with Crippen molar-refractivity contribution in [2.75, 3.05) is 24.3 Å². The molecule has 0 saturated heterocycles. The highest BCUT2D eigenvalue weighted by atomic mass is 35.5. The van der Waals surface area contributed by atoms with E-state index in [0.717, 1.165) is 11.3 Å². The van der Waals surface area contributed by atoms with Gasteiger partial charge in [-0.2, -0.15) is 0 Å². The van der Waals surface area contributed by atoms with Gasteiger partial charge in [0.1, 0.15) is 5.75 Å². The van der Waals surface area contributed by atoms with E-state index in [4.69, 9.17) is 16.3 Å². The molecule has 0 aliphatic heterocycles. The van der Waals surface area contributed by atoms with Gasteiger partial charge >= 0.3 is 0 Å². The summed E-state index contributed by atoms with van der Waals surface area (Å²) in [5.74, 6) is 0.547. The summed E-state index contributed by atoms with van der Waals surface area (Å²) in [6.45, 7) is 2.08. The van der Waals surface area contributed by atoms with Crippen molar-refractivity contribution in [3.8, 4) is 5.75 Å². The number of carbonyl (C=O) groups is 1. The van der Waals surface area contributed by atoms with Crippen LogP contribution in [0, 0.1) is 6.92 Å². The van der Waals surface area contributed by atoms with Crippen molar-refractivity contribution < 1.29 is 9.53 Å². The first-order valence-corrected chi connectivity index (χ1v) is 6.91. The molecular weight excluding hydrogens is 288 g/mol. The summed E-state index contributed by atoms with van der Waals surface area (Å²) >= 11 is 6.10.